The van der Waals surface area contributed by atoms with E-state index in [1.807, 2.05) is 4.68 Å². The molecule has 24 heavy (non-hydrogen) atoms. The first-order valence-electron chi connectivity index (χ1n) is 8.95. The molecule has 1 aromatic rings. The summed E-state index contributed by atoms with van der Waals surface area (Å²) in [6, 6.07) is 0. The lowest BCUT2D eigenvalue weighted by atomic mass is 9.86. The molecule has 1 saturated carbocycles. The van der Waals surface area contributed by atoms with E-state index in [2.05, 4.69) is 20.4 Å². The first-order valence-corrected chi connectivity index (χ1v) is 8.95. The van der Waals surface area contributed by atoms with Crippen LogP contribution < -0.4 is 0 Å². The number of ether oxygens (including phenoxy) is 2. The number of esters is 1. The molecule has 2 fully saturated rings. The number of rotatable bonds is 5. The maximum absolute atomic E-state index is 11.0. The minimum atomic E-state index is -0.276. The fourth-order valence-corrected chi connectivity index (χ4v) is 3.95. The highest BCUT2D eigenvalue weighted by Gasteiger charge is 2.43. The molecule has 8 nitrogen and oxygen atoms in total. The average Bonchev–Trinajstić information content (AvgIpc) is 2.92. The van der Waals surface area contributed by atoms with Crippen LogP contribution >= 0.6 is 0 Å². The molecule has 0 bridgehead atoms. The zero-order valence-corrected chi connectivity index (χ0v) is 14.4. The molecular weight excluding hydrogens is 310 g/mol. The molecule has 0 aromatic carbocycles. The summed E-state index contributed by atoms with van der Waals surface area (Å²) in [5, 5.41) is 12.5. The predicted octanol–water partition coefficient (Wildman–Crippen LogP) is 1.12. The quantitative estimate of drug-likeness (QED) is 0.588. The molecule has 0 N–H and O–H groups in total. The largest absolute Gasteiger partial charge is 0.464 e. The molecule has 3 rings (SSSR count). The zero-order chi connectivity index (χ0) is 16.8. The molecule has 2 aliphatic rings. The molecule has 0 amide bonds. The van der Waals surface area contributed by atoms with E-state index < -0.39 is 0 Å². The Labute approximate surface area is 142 Å². The van der Waals surface area contributed by atoms with Crippen molar-refractivity contribution in [2.45, 2.75) is 57.5 Å². The lowest BCUT2D eigenvalue weighted by Gasteiger charge is -2.44. The lowest BCUT2D eigenvalue weighted by molar-refractivity contribution is -0.141. The number of carbonyl (C=O) groups is 1. The smallest absolute Gasteiger partial charge is 0.302 e. The normalized spacial score (nSPS) is 22.0. The third-order valence-electron chi connectivity index (χ3n) is 5.10. The third kappa shape index (κ3) is 3.75. The Balaban J connectivity index is 1.85. The van der Waals surface area contributed by atoms with E-state index in [-0.39, 0.29) is 11.5 Å². The van der Waals surface area contributed by atoms with Crippen molar-refractivity contribution in [2.75, 3.05) is 32.9 Å². The van der Waals surface area contributed by atoms with E-state index in [9.17, 15) is 4.79 Å². The maximum atomic E-state index is 11.0. The van der Waals surface area contributed by atoms with Crippen LogP contribution in [0.15, 0.2) is 0 Å². The van der Waals surface area contributed by atoms with Gasteiger partial charge in [-0.25, -0.2) is 4.68 Å². The molecule has 0 atom stereocenters. The van der Waals surface area contributed by atoms with Gasteiger partial charge < -0.3 is 9.47 Å². The summed E-state index contributed by atoms with van der Waals surface area (Å²) < 4.78 is 12.4. The molecule has 0 radical (unpaired) electrons. The zero-order valence-electron chi connectivity index (χ0n) is 14.4. The number of tetrazole rings is 1. The van der Waals surface area contributed by atoms with Gasteiger partial charge in [0.05, 0.1) is 25.3 Å². The monoisotopic (exact) mass is 337 g/mol. The Morgan fingerprint density at radius 1 is 1.21 bits per heavy atom. The van der Waals surface area contributed by atoms with E-state index in [0.29, 0.717) is 13.2 Å². The lowest BCUT2D eigenvalue weighted by Crippen LogP contribution is -2.52. The van der Waals surface area contributed by atoms with Gasteiger partial charge in [-0.05, 0) is 23.3 Å². The van der Waals surface area contributed by atoms with E-state index in [0.717, 1.165) is 45.0 Å². The minimum Gasteiger partial charge on any atom is -0.464 e. The van der Waals surface area contributed by atoms with Gasteiger partial charge in [0.2, 0.25) is 0 Å². The van der Waals surface area contributed by atoms with Gasteiger partial charge in [-0.15, -0.1) is 5.10 Å². The highest BCUT2D eigenvalue weighted by atomic mass is 16.5. The first-order chi connectivity index (χ1) is 11.7. The summed E-state index contributed by atoms with van der Waals surface area (Å²) in [5.41, 5.74) is -0.125. The van der Waals surface area contributed by atoms with Gasteiger partial charge in [-0.3, -0.25) is 9.69 Å². The third-order valence-corrected chi connectivity index (χ3v) is 5.10. The van der Waals surface area contributed by atoms with Crippen LogP contribution in [-0.2, 0) is 26.4 Å². The van der Waals surface area contributed by atoms with Crippen molar-refractivity contribution in [3.05, 3.63) is 5.82 Å². The maximum Gasteiger partial charge on any atom is 0.302 e. The summed E-state index contributed by atoms with van der Waals surface area (Å²) in [4.78, 5) is 13.5. The van der Waals surface area contributed by atoms with Crippen molar-refractivity contribution in [3.63, 3.8) is 0 Å². The van der Waals surface area contributed by atoms with Crippen LogP contribution in [-0.4, -0.2) is 64.0 Å². The fraction of sp³-hybridized carbons (Fsp3) is 0.875. The van der Waals surface area contributed by atoms with Crippen LogP contribution in [0.5, 0.6) is 0 Å². The second kappa shape index (κ2) is 8.02. The molecule has 1 aliphatic carbocycles. The van der Waals surface area contributed by atoms with Gasteiger partial charge in [0, 0.05) is 20.0 Å². The molecule has 134 valence electrons. The van der Waals surface area contributed by atoms with Crippen molar-refractivity contribution in [1.82, 2.24) is 25.1 Å². The number of hydrogen-bond donors (Lipinski definition) is 0. The molecule has 8 heteroatoms. The minimum absolute atomic E-state index is 0.125. The van der Waals surface area contributed by atoms with Gasteiger partial charge in [0.15, 0.2) is 5.82 Å². The van der Waals surface area contributed by atoms with Crippen LogP contribution in [0.3, 0.4) is 0 Å². The number of carbonyl (C=O) groups excluding carboxylic acids is 1. The SMILES string of the molecule is CC(=O)OCCn1nnnc1C1(N2CCOCC2)CCCCCC1. The summed E-state index contributed by atoms with van der Waals surface area (Å²) in [7, 11) is 0. The summed E-state index contributed by atoms with van der Waals surface area (Å²) >= 11 is 0. The van der Waals surface area contributed by atoms with Gasteiger partial charge >= 0.3 is 5.97 Å². The second-order valence-electron chi connectivity index (χ2n) is 6.61. The Morgan fingerprint density at radius 3 is 2.58 bits per heavy atom. The van der Waals surface area contributed by atoms with Crippen LogP contribution in [0.25, 0.3) is 0 Å². The van der Waals surface area contributed by atoms with Gasteiger partial charge in [0.25, 0.3) is 0 Å². The standard InChI is InChI=1S/C16H27N5O3/c1-14(22)24-13-10-21-15(17-18-19-21)16(6-4-2-3-5-7-16)20-8-11-23-12-9-20/h2-13H2,1H3. The fourth-order valence-electron chi connectivity index (χ4n) is 3.95. The highest BCUT2D eigenvalue weighted by Crippen LogP contribution is 2.40. The van der Waals surface area contributed by atoms with Crippen LogP contribution in [0.2, 0.25) is 0 Å². The Morgan fingerprint density at radius 2 is 1.92 bits per heavy atom. The summed E-state index contributed by atoms with van der Waals surface area (Å²) in [6.45, 7) is 5.56. The van der Waals surface area contributed by atoms with E-state index in [4.69, 9.17) is 9.47 Å². The first kappa shape index (κ1) is 17.3. The number of nitrogens with zero attached hydrogens (tertiary/aromatic N) is 5. The van der Waals surface area contributed by atoms with Crippen LogP contribution in [0.4, 0.5) is 0 Å². The molecule has 1 aromatic heterocycles. The van der Waals surface area contributed by atoms with Crippen molar-refractivity contribution in [3.8, 4) is 0 Å². The summed E-state index contributed by atoms with van der Waals surface area (Å²) in [5.74, 6) is 0.639. The van der Waals surface area contributed by atoms with Gasteiger partial charge in [0.1, 0.15) is 6.61 Å². The van der Waals surface area contributed by atoms with Crippen LogP contribution in [0, 0.1) is 0 Å². The second-order valence-corrected chi connectivity index (χ2v) is 6.61. The van der Waals surface area contributed by atoms with E-state index in [1.54, 1.807) is 0 Å². The molecule has 0 spiro atoms. The molecule has 1 aliphatic heterocycles. The number of aromatic nitrogens is 4. The van der Waals surface area contributed by atoms with Gasteiger partial charge in [-0.1, -0.05) is 25.7 Å². The van der Waals surface area contributed by atoms with E-state index >= 15 is 0 Å². The van der Waals surface area contributed by atoms with Crippen molar-refractivity contribution < 1.29 is 14.3 Å². The molecule has 1 saturated heterocycles. The molecule has 2 heterocycles. The Bertz CT molecular complexity index is 534. The topological polar surface area (TPSA) is 82.4 Å². The Kier molecular flexibility index (Phi) is 5.78. The average molecular weight is 337 g/mol. The van der Waals surface area contributed by atoms with Gasteiger partial charge in [-0.2, -0.15) is 0 Å². The predicted molar refractivity (Wildman–Crippen MR) is 86.2 cm³/mol. The van der Waals surface area contributed by atoms with Crippen molar-refractivity contribution >= 4 is 5.97 Å². The highest BCUT2D eigenvalue weighted by molar-refractivity contribution is 5.65. The number of hydrogen-bond acceptors (Lipinski definition) is 7. The number of morpholine rings is 1. The van der Waals surface area contributed by atoms with E-state index in [1.165, 1.54) is 32.6 Å². The molecule has 0 unspecified atom stereocenters. The molecular formula is C16H27N5O3. The Hall–Kier alpha value is -1.54. The van der Waals surface area contributed by atoms with Crippen molar-refractivity contribution in [2.24, 2.45) is 0 Å². The van der Waals surface area contributed by atoms with Crippen LogP contribution in [0.1, 0.15) is 51.3 Å². The van der Waals surface area contributed by atoms with Crippen molar-refractivity contribution in [1.29, 1.82) is 0 Å². The summed E-state index contributed by atoms with van der Waals surface area (Å²) in [6.07, 6.45) is 7.05.